The van der Waals surface area contributed by atoms with Crippen molar-refractivity contribution < 1.29 is 9.72 Å². The highest BCUT2D eigenvalue weighted by Crippen LogP contribution is 2.15. The fourth-order valence-corrected chi connectivity index (χ4v) is 3.06. The number of hydrogen-bond donors (Lipinski definition) is 1. The van der Waals surface area contributed by atoms with Gasteiger partial charge in [0, 0.05) is 31.4 Å². The van der Waals surface area contributed by atoms with Gasteiger partial charge in [0.25, 0.3) is 11.6 Å². The first-order valence-corrected chi connectivity index (χ1v) is 9.88. The molecule has 2 aromatic carbocycles. The molecule has 0 bridgehead atoms. The summed E-state index contributed by atoms with van der Waals surface area (Å²) in [7, 11) is 0. The first kappa shape index (κ1) is 21.2. The molecule has 0 aliphatic rings. The van der Waals surface area contributed by atoms with Gasteiger partial charge in [0.05, 0.1) is 22.4 Å². The van der Waals surface area contributed by atoms with E-state index < -0.39 is 4.92 Å². The Hall–Kier alpha value is -3.52. The Balaban J connectivity index is 1.57. The number of nitro benzene ring substituents is 1. The van der Waals surface area contributed by atoms with Crippen LogP contribution in [0, 0.1) is 10.1 Å². The summed E-state index contributed by atoms with van der Waals surface area (Å²) in [6.07, 6.45) is 3.08. The number of hydrogen-bond acceptors (Lipinski definition) is 5. The van der Waals surface area contributed by atoms with E-state index in [-0.39, 0.29) is 11.6 Å². The van der Waals surface area contributed by atoms with Crippen LogP contribution < -0.4 is 5.32 Å². The van der Waals surface area contributed by atoms with E-state index in [1.165, 1.54) is 28.6 Å². The lowest BCUT2D eigenvalue weighted by molar-refractivity contribution is -0.384. The molecule has 0 aliphatic heterocycles. The van der Waals surface area contributed by atoms with Crippen molar-refractivity contribution in [3.63, 3.8) is 0 Å². The molecule has 0 fully saturated rings. The quantitative estimate of drug-likeness (QED) is 0.432. The van der Waals surface area contributed by atoms with Crippen LogP contribution in [-0.2, 0) is 13.1 Å². The minimum absolute atomic E-state index is 0.00647. The molecule has 30 heavy (non-hydrogen) atoms. The van der Waals surface area contributed by atoms with Gasteiger partial charge in [-0.2, -0.15) is 5.10 Å². The second-order valence-electron chi connectivity index (χ2n) is 6.91. The maximum absolute atomic E-state index is 12.4. The number of aromatic nitrogens is 2. The molecular formula is C22H25N5O3. The van der Waals surface area contributed by atoms with Crippen LogP contribution in [0.3, 0.4) is 0 Å². The van der Waals surface area contributed by atoms with E-state index in [1.54, 1.807) is 18.3 Å². The van der Waals surface area contributed by atoms with Gasteiger partial charge in [0.1, 0.15) is 0 Å². The summed E-state index contributed by atoms with van der Waals surface area (Å²) < 4.78 is 1.51. The molecule has 0 saturated carbocycles. The minimum atomic E-state index is -0.456. The topological polar surface area (TPSA) is 93.3 Å². The van der Waals surface area contributed by atoms with Crippen LogP contribution in [-0.4, -0.2) is 38.6 Å². The number of carbonyl (C=O) groups is 1. The van der Waals surface area contributed by atoms with Crippen molar-refractivity contribution in [1.82, 2.24) is 20.0 Å². The van der Waals surface area contributed by atoms with Crippen molar-refractivity contribution in [2.45, 2.75) is 26.9 Å². The Morgan fingerprint density at radius 3 is 2.30 bits per heavy atom. The smallest absolute Gasteiger partial charge is 0.269 e. The zero-order valence-corrected chi connectivity index (χ0v) is 17.1. The highest BCUT2D eigenvalue weighted by molar-refractivity contribution is 5.93. The molecule has 0 spiro atoms. The zero-order valence-electron chi connectivity index (χ0n) is 17.1. The van der Waals surface area contributed by atoms with Crippen LogP contribution in [0.15, 0.2) is 60.9 Å². The largest absolute Gasteiger partial charge is 0.348 e. The SMILES string of the molecule is CCN(CC)Cc1ccc(CNC(=O)c2cnn(-c3ccc([N+](=O)[O-])cc3)c2)cc1. The number of rotatable bonds is 9. The van der Waals surface area contributed by atoms with Crippen molar-refractivity contribution in [2.24, 2.45) is 0 Å². The molecular weight excluding hydrogens is 382 g/mol. The lowest BCUT2D eigenvalue weighted by Crippen LogP contribution is -2.23. The maximum Gasteiger partial charge on any atom is 0.269 e. The summed E-state index contributed by atoms with van der Waals surface area (Å²) in [5.74, 6) is -0.227. The first-order chi connectivity index (χ1) is 14.5. The van der Waals surface area contributed by atoms with Gasteiger partial charge in [0.15, 0.2) is 0 Å². The first-order valence-electron chi connectivity index (χ1n) is 9.88. The summed E-state index contributed by atoms with van der Waals surface area (Å²) in [5.41, 5.74) is 3.34. The highest BCUT2D eigenvalue weighted by atomic mass is 16.6. The highest BCUT2D eigenvalue weighted by Gasteiger charge is 2.11. The van der Waals surface area contributed by atoms with Gasteiger partial charge in [-0.25, -0.2) is 4.68 Å². The maximum atomic E-state index is 12.4. The Kier molecular flexibility index (Phi) is 6.92. The van der Waals surface area contributed by atoms with Gasteiger partial charge in [-0.05, 0) is 36.3 Å². The summed E-state index contributed by atoms with van der Waals surface area (Å²) in [5, 5.41) is 17.8. The third-order valence-corrected chi connectivity index (χ3v) is 4.95. The Bertz CT molecular complexity index is 992. The monoisotopic (exact) mass is 407 g/mol. The molecule has 0 aliphatic carbocycles. The van der Waals surface area contributed by atoms with E-state index in [1.807, 2.05) is 12.1 Å². The average Bonchev–Trinajstić information content (AvgIpc) is 3.27. The van der Waals surface area contributed by atoms with Gasteiger partial charge in [0.2, 0.25) is 0 Å². The molecule has 8 heteroatoms. The van der Waals surface area contributed by atoms with Crippen molar-refractivity contribution in [2.75, 3.05) is 13.1 Å². The Morgan fingerprint density at radius 2 is 1.70 bits per heavy atom. The second-order valence-corrected chi connectivity index (χ2v) is 6.91. The summed E-state index contributed by atoms with van der Waals surface area (Å²) in [6, 6.07) is 14.2. The van der Waals surface area contributed by atoms with Crippen LogP contribution in [0.5, 0.6) is 0 Å². The van der Waals surface area contributed by atoms with Crippen molar-refractivity contribution in [3.05, 3.63) is 87.7 Å². The predicted octanol–water partition coefficient (Wildman–Crippen LogP) is 3.55. The molecule has 1 amide bonds. The number of nitro groups is 1. The van der Waals surface area contributed by atoms with E-state index in [0.717, 1.165) is 25.2 Å². The van der Waals surface area contributed by atoms with E-state index in [9.17, 15) is 14.9 Å². The van der Waals surface area contributed by atoms with Crippen LogP contribution in [0.4, 0.5) is 5.69 Å². The van der Waals surface area contributed by atoms with E-state index in [4.69, 9.17) is 0 Å². The van der Waals surface area contributed by atoms with Gasteiger partial charge in [-0.3, -0.25) is 19.8 Å². The summed E-state index contributed by atoms with van der Waals surface area (Å²) in [6.45, 7) is 7.67. The van der Waals surface area contributed by atoms with Crippen LogP contribution >= 0.6 is 0 Å². The molecule has 1 N–H and O–H groups in total. The molecule has 0 unspecified atom stereocenters. The third-order valence-electron chi connectivity index (χ3n) is 4.95. The number of nitrogens with zero attached hydrogens (tertiary/aromatic N) is 4. The van der Waals surface area contributed by atoms with Crippen molar-refractivity contribution in [1.29, 1.82) is 0 Å². The second kappa shape index (κ2) is 9.80. The number of non-ortho nitro benzene ring substituents is 1. The van der Waals surface area contributed by atoms with Gasteiger partial charge < -0.3 is 5.32 Å². The molecule has 8 nitrogen and oxygen atoms in total. The molecule has 0 radical (unpaired) electrons. The van der Waals surface area contributed by atoms with E-state index >= 15 is 0 Å². The van der Waals surface area contributed by atoms with Crippen molar-refractivity contribution >= 4 is 11.6 Å². The molecule has 3 aromatic rings. The Labute approximate surface area is 175 Å². The Morgan fingerprint density at radius 1 is 1.07 bits per heavy atom. The molecule has 156 valence electrons. The van der Waals surface area contributed by atoms with Crippen LogP contribution in [0.2, 0.25) is 0 Å². The third kappa shape index (κ3) is 5.30. The van der Waals surface area contributed by atoms with Crippen LogP contribution in [0.25, 0.3) is 5.69 Å². The normalized spacial score (nSPS) is 10.9. The summed E-state index contributed by atoms with van der Waals surface area (Å²) >= 11 is 0. The zero-order chi connectivity index (χ0) is 21.5. The van der Waals surface area contributed by atoms with Gasteiger partial charge in [-0.1, -0.05) is 38.1 Å². The lowest BCUT2D eigenvalue weighted by Gasteiger charge is -2.18. The molecule has 3 rings (SSSR count). The molecule has 1 heterocycles. The molecule has 0 atom stereocenters. The minimum Gasteiger partial charge on any atom is -0.348 e. The summed E-state index contributed by atoms with van der Waals surface area (Å²) in [4.78, 5) is 25.1. The fourth-order valence-electron chi connectivity index (χ4n) is 3.06. The number of carbonyl (C=O) groups excluding carboxylic acids is 1. The molecule has 1 aromatic heterocycles. The standard InChI is InChI=1S/C22H25N5O3/c1-3-25(4-2)15-18-7-5-17(6-8-18)13-23-22(28)19-14-24-26(16-19)20-9-11-21(12-10-20)27(29)30/h5-12,14,16H,3-4,13,15H2,1-2H3,(H,23,28). The van der Waals surface area contributed by atoms with Crippen LogP contribution in [0.1, 0.15) is 35.3 Å². The van der Waals surface area contributed by atoms with E-state index in [2.05, 4.69) is 41.3 Å². The van der Waals surface area contributed by atoms with Gasteiger partial charge >= 0.3 is 0 Å². The van der Waals surface area contributed by atoms with Gasteiger partial charge in [-0.15, -0.1) is 0 Å². The number of amides is 1. The van der Waals surface area contributed by atoms with E-state index in [0.29, 0.717) is 17.8 Å². The van der Waals surface area contributed by atoms with Crippen molar-refractivity contribution in [3.8, 4) is 5.69 Å². The number of benzene rings is 2. The predicted molar refractivity (Wildman–Crippen MR) is 114 cm³/mol. The fraction of sp³-hybridized carbons (Fsp3) is 0.273. The molecule has 0 saturated heterocycles. The number of nitrogens with one attached hydrogen (secondary N) is 1. The lowest BCUT2D eigenvalue weighted by atomic mass is 10.1. The average molecular weight is 407 g/mol.